The molecule has 0 fully saturated rings. The van der Waals surface area contributed by atoms with E-state index in [0.717, 1.165) is 0 Å². The second-order valence-corrected chi connectivity index (χ2v) is 1.79. The molecule has 0 aromatic heterocycles. The highest BCUT2D eigenvalue weighted by molar-refractivity contribution is 6.29. The number of hydrogen-bond donors (Lipinski definition) is 0. The van der Waals surface area contributed by atoms with E-state index >= 15 is 0 Å². The van der Waals surface area contributed by atoms with Gasteiger partial charge >= 0.3 is 5.97 Å². The summed E-state index contributed by atoms with van der Waals surface area (Å²) in [4.78, 5) is 10.2. The normalized spacial score (nSPS) is 13.0. The maximum absolute atomic E-state index is 10.2. The molecular weight excluding hydrogens is 115 g/mol. The zero-order chi connectivity index (χ0) is 5.86. The molecule has 0 aliphatic heterocycles. The maximum Gasteiger partial charge on any atom is 0.323 e. The number of carbonyl (C=O) groups excluding carboxylic acids is 1. The van der Waals surface area contributed by atoms with Crippen molar-refractivity contribution in [3.8, 4) is 0 Å². The van der Waals surface area contributed by atoms with Crippen molar-refractivity contribution in [2.24, 2.45) is 0 Å². The molecule has 0 rings (SSSR count). The molecule has 7 heavy (non-hydrogen) atoms. The fourth-order valence-corrected chi connectivity index (χ4v) is 0.251. The molecule has 0 radical (unpaired) electrons. The fourth-order valence-electron chi connectivity index (χ4n) is 0.162. The minimum atomic E-state index is -0.523. The van der Waals surface area contributed by atoms with Crippen LogP contribution in [0.2, 0.25) is 0 Å². The summed E-state index contributed by atoms with van der Waals surface area (Å²) in [6.07, 6.45) is 0. The summed E-state index contributed by atoms with van der Waals surface area (Å²) in [6.45, 7) is 1.56. The lowest BCUT2D eigenvalue weighted by Gasteiger charge is -1.95. The lowest BCUT2D eigenvalue weighted by atomic mass is 10.5. The summed E-state index contributed by atoms with van der Waals surface area (Å²) in [5.74, 6) is -0.387. The van der Waals surface area contributed by atoms with Crippen LogP contribution in [0.5, 0.6) is 0 Å². The molecule has 0 aromatic carbocycles. The van der Waals surface area contributed by atoms with E-state index in [9.17, 15) is 4.79 Å². The van der Waals surface area contributed by atoms with Gasteiger partial charge in [0.25, 0.3) is 0 Å². The topological polar surface area (TPSA) is 26.3 Å². The molecule has 0 aliphatic carbocycles. The first kappa shape index (κ1) is 6.76. The number of halogens is 1. The average molecular weight is 123 g/mol. The van der Waals surface area contributed by atoms with Crippen molar-refractivity contribution >= 4 is 17.6 Å². The highest BCUT2D eigenvalue weighted by Gasteiger charge is 2.06. The predicted molar refractivity (Wildman–Crippen MR) is 27.3 cm³/mol. The fraction of sp³-hybridized carbons (Fsp3) is 0.750. The van der Waals surface area contributed by atoms with Crippen molar-refractivity contribution < 1.29 is 9.53 Å². The zero-order valence-corrected chi connectivity index (χ0v) is 5.03. The lowest BCUT2D eigenvalue weighted by molar-refractivity contribution is -0.139. The number of alkyl halides is 1. The van der Waals surface area contributed by atoms with E-state index < -0.39 is 5.38 Å². The molecule has 1 atom stereocenters. The molecule has 3 heteroatoms. The van der Waals surface area contributed by atoms with Crippen LogP contribution in [0.1, 0.15) is 6.92 Å². The van der Waals surface area contributed by atoms with Crippen LogP contribution >= 0.6 is 11.6 Å². The Hall–Kier alpha value is -0.240. The summed E-state index contributed by atoms with van der Waals surface area (Å²) in [5, 5.41) is -0.523. The molecule has 0 saturated carbocycles. The van der Waals surface area contributed by atoms with Gasteiger partial charge in [0.1, 0.15) is 5.38 Å². The SMILES string of the molecule is COC(=O)[C@H](C)Cl. The van der Waals surface area contributed by atoms with Gasteiger partial charge in [-0.1, -0.05) is 0 Å². The van der Waals surface area contributed by atoms with Gasteiger partial charge in [0.05, 0.1) is 7.11 Å². The van der Waals surface area contributed by atoms with Gasteiger partial charge in [-0.25, -0.2) is 0 Å². The predicted octanol–water partition coefficient (Wildman–Crippen LogP) is 0.787. The standard InChI is InChI=1S/C4H7ClO2/c1-3(5)4(6)7-2/h3H,1-2H3/t3-/m0/s1. The van der Waals surface area contributed by atoms with Gasteiger partial charge in [0, 0.05) is 0 Å². The molecule has 0 spiro atoms. The van der Waals surface area contributed by atoms with E-state index in [1.807, 2.05) is 0 Å². The molecule has 0 aliphatic rings. The number of rotatable bonds is 1. The Bertz CT molecular complexity index is 70.1. The second kappa shape index (κ2) is 2.86. The van der Waals surface area contributed by atoms with E-state index in [4.69, 9.17) is 11.6 Å². The number of hydrogen-bond acceptors (Lipinski definition) is 2. The summed E-state index contributed by atoms with van der Waals surface area (Å²) in [6, 6.07) is 0. The monoisotopic (exact) mass is 122 g/mol. The first-order chi connectivity index (χ1) is 3.18. The molecule has 0 amide bonds. The van der Waals surface area contributed by atoms with Crippen LogP contribution in [-0.4, -0.2) is 18.5 Å². The van der Waals surface area contributed by atoms with E-state index in [-0.39, 0.29) is 5.97 Å². The van der Waals surface area contributed by atoms with Gasteiger partial charge < -0.3 is 4.74 Å². The molecule has 0 N–H and O–H groups in total. The average Bonchev–Trinajstić information content (AvgIpc) is 1.65. The van der Waals surface area contributed by atoms with E-state index in [1.54, 1.807) is 6.92 Å². The molecule has 0 aromatic rings. The van der Waals surface area contributed by atoms with Crippen molar-refractivity contribution in [3.63, 3.8) is 0 Å². The van der Waals surface area contributed by atoms with Gasteiger partial charge in [0.15, 0.2) is 0 Å². The van der Waals surface area contributed by atoms with Crippen molar-refractivity contribution in [2.45, 2.75) is 12.3 Å². The third-order valence-electron chi connectivity index (χ3n) is 0.526. The van der Waals surface area contributed by atoms with Gasteiger partial charge in [-0.2, -0.15) is 0 Å². The summed E-state index contributed by atoms with van der Waals surface area (Å²) < 4.78 is 4.24. The Morgan fingerprint density at radius 3 is 2.29 bits per heavy atom. The molecule has 42 valence electrons. The highest BCUT2D eigenvalue weighted by atomic mass is 35.5. The van der Waals surface area contributed by atoms with E-state index in [0.29, 0.717) is 0 Å². The summed E-state index contributed by atoms with van der Waals surface area (Å²) >= 11 is 5.25. The van der Waals surface area contributed by atoms with Crippen LogP contribution in [0.3, 0.4) is 0 Å². The van der Waals surface area contributed by atoms with Gasteiger partial charge in [0.2, 0.25) is 0 Å². The van der Waals surface area contributed by atoms with Crippen LogP contribution in [0.25, 0.3) is 0 Å². The smallest absolute Gasteiger partial charge is 0.323 e. The second-order valence-electron chi connectivity index (χ2n) is 1.14. The summed E-state index contributed by atoms with van der Waals surface area (Å²) in [7, 11) is 1.31. The van der Waals surface area contributed by atoms with Crippen LogP contribution in [0.15, 0.2) is 0 Å². The highest BCUT2D eigenvalue weighted by Crippen LogP contribution is 1.93. The minimum Gasteiger partial charge on any atom is -0.468 e. The molecule has 0 unspecified atom stereocenters. The van der Waals surface area contributed by atoms with Crippen LogP contribution in [-0.2, 0) is 9.53 Å². The number of ether oxygens (including phenoxy) is 1. The van der Waals surface area contributed by atoms with Crippen molar-refractivity contribution in [1.82, 2.24) is 0 Å². The first-order valence-electron chi connectivity index (χ1n) is 1.90. The molecule has 0 bridgehead atoms. The van der Waals surface area contributed by atoms with Crippen LogP contribution < -0.4 is 0 Å². The Labute approximate surface area is 47.4 Å². The molecular formula is C4H7ClO2. The number of esters is 1. The number of carbonyl (C=O) groups is 1. The third-order valence-corrected chi connectivity index (χ3v) is 0.704. The Kier molecular flexibility index (Phi) is 2.76. The largest absolute Gasteiger partial charge is 0.468 e. The maximum atomic E-state index is 10.2. The van der Waals surface area contributed by atoms with E-state index in [1.165, 1.54) is 7.11 Å². The first-order valence-corrected chi connectivity index (χ1v) is 2.34. The van der Waals surface area contributed by atoms with Crippen molar-refractivity contribution in [3.05, 3.63) is 0 Å². The number of methoxy groups -OCH3 is 1. The van der Waals surface area contributed by atoms with Gasteiger partial charge in [-0.15, -0.1) is 11.6 Å². The molecule has 2 nitrogen and oxygen atoms in total. The summed E-state index contributed by atoms with van der Waals surface area (Å²) in [5.41, 5.74) is 0. The zero-order valence-electron chi connectivity index (χ0n) is 4.27. The molecule has 0 heterocycles. The minimum absolute atomic E-state index is 0.387. The van der Waals surface area contributed by atoms with Crippen molar-refractivity contribution in [1.29, 1.82) is 0 Å². The Morgan fingerprint density at radius 1 is 1.86 bits per heavy atom. The Balaban J connectivity index is 3.35. The van der Waals surface area contributed by atoms with Gasteiger partial charge in [-0.3, -0.25) is 4.79 Å². The quantitative estimate of drug-likeness (QED) is 0.380. The lowest BCUT2D eigenvalue weighted by Crippen LogP contribution is -2.10. The van der Waals surface area contributed by atoms with Gasteiger partial charge in [-0.05, 0) is 6.92 Å². The van der Waals surface area contributed by atoms with Crippen LogP contribution in [0, 0.1) is 0 Å². The van der Waals surface area contributed by atoms with Crippen molar-refractivity contribution in [2.75, 3.05) is 7.11 Å². The van der Waals surface area contributed by atoms with E-state index in [2.05, 4.69) is 4.74 Å². The third kappa shape index (κ3) is 2.45. The molecule has 0 saturated heterocycles. The Morgan fingerprint density at radius 2 is 2.29 bits per heavy atom. The van der Waals surface area contributed by atoms with Crippen LogP contribution in [0.4, 0.5) is 0 Å².